The first-order valence-electron chi connectivity index (χ1n) is 12.4. The molecule has 1 unspecified atom stereocenters. The third kappa shape index (κ3) is 4.46. The molecule has 1 amide bonds. The molecule has 1 aromatic carbocycles. The summed E-state index contributed by atoms with van der Waals surface area (Å²) in [4.78, 5) is 24.8. The number of anilines is 3. The number of rotatable bonds is 5. The van der Waals surface area contributed by atoms with Crippen molar-refractivity contribution in [2.24, 2.45) is 0 Å². The summed E-state index contributed by atoms with van der Waals surface area (Å²) < 4.78 is 12.0. The first kappa shape index (κ1) is 22.0. The molecule has 3 aromatic rings. The summed E-state index contributed by atoms with van der Waals surface area (Å²) >= 11 is 0. The quantitative estimate of drug-likeness (QED) is 0.512. The highest BCUT2D eigenvalue weighted by Crippen LogP contribution is 2.35. The average molecular weight is 478 g/mol. The van der Waals surface area contributed by atoms with E-state index in [4.69, 9.17) is 13.8 Å². The Labute approximate surface area is 203 Å². The number of carbonyl (C=O) groups excluding carboxylic acids is 1. The predicted octanol–water partition coefficient (Wildman–Crippen LogP) is 3.08. The maximum Gasteiger partial charge on any atom is 0.298 e. The monoisotopic (exact) mass is 477 g/mol. The van der Waals surface area contributed by atoms with E-state index in [1.54, 1.807) is 12.3 Å². The van der Waals surface area contributed by atoms with E-state index in [1.165, 1.54) is 6.42 Å². The van der Waals surface area contributed by atoms with E-state index >= 15 is 0 Å². The topological polar surface area (TPSA) is 102 Å². The number of piperazine rings is 1. The number of likely N-dealkylation sites (N-methyl/N-ethyl adjacent to an activating group) is 1. The SMILES string of the molecule is CN1CCN(c2nc3cc(N4CCCCC4)c(NC(=O)c4ccc(C5C=CNN5)o4)cc3o2)CC1. The van der Waals surface area contributed by atoms with Crippen molar-refractivity contribution in [3.05, 3.63) is 48.1 Å². The van der Waals surface area contributed by atoms with Crippen LogP contribution in [0, 0.1) is 0 Å². The lowest BCUT2D eigenvalue weighted by Gasteiger charge is -2.31. The fraction of sp³-hybridized carbons (Fsp3) is 0.440. The molecule has 5 heterocycles. The van der Waals surface area contributed by atoms with Gasteiger partial charge < -0.3 is 34.3 Å². The lowest BCUT2D eigenvalue weighted by Crippen LogP contribution is -2.44. The molecule has 184 valence electrons. The molecule has 2 fully saturated rings. The van der Waals surface area contributed by atoms with Crippen molar-refractivity contribution in [3.63, 3.8) is 0 Å². The number of hydrazine groups is 1. The molecule has 10 nitrogen and oxygen atoms in total. The Morgan fingerprint density at radius 3 is 2.63 bits per heavy atom. The third-order valence-electron chi connectivity index (χ3n) is 6.98. The van der Waals surface area contributed by atoms with Gasteiger partial charge in [0.1, 0.15) is 17.3 Å². The molecule has 1 atom stereocenters. The molecule has 35 heavy (non-hydrogen) atoms. The molecule has 3 aliphatic rings. The van der Waals surface area contributed by atoms with E-state index in [0.717, 1.165) is 63.3 Å². The van der Waals surface area contributed by atoms with Crippen LogP contribution in [0.2, 0.25) is 0 Å². The fourth-order valence-corrected chi connectivity index (χ4v) is 4.90. The number of amides is 1. The van der Waals surface area contributed by atoms with E-state index in [0.29, 0.717) is 23.0 Å². The summed E-state index contributed by atoms with van der Waals surface area (Å²) in [5.74, 6) is 0.653. The Kier molecular flexibility index (Phi) is 5.83. The minimum Gasteiger partial charge on any atom is -0.454 e. The molecule has 0 saturated carbocycles. The number of hydrogen-bond donors (Lipinski definition) is 3. The van der Waals surface area contributed by atoms with Gasteiger partial charge in [-0.2, -0.15) is 4.98 Å². The van der Waals surface area contributed by atoms with Gasteiger partial charge >= 0.3 is 0 Å². The zero-order valence-electron chi connectivity index (χ0n) is 19.9. The number of benzene rings is 1. The van der Waals surface area contributed by atoms with Crippen LogP contribution in [-0.2, 0) is 0 Å². The molecule has 0 aliphatic carbocycles. The molecular formula is C25H31N7O3. The second kappa shape index (κ2) is 9.27. The van der Waals surface area contributed by atoms with Gasteiger partial charge in [0.05, 0.1) is 11.4 Å². The van der Waals surface area contributed by atoms with Crippen molar-refractivity contribution in [2.75, 3.05) is 61.4 Å². The number of fused-ring (bicyclic) bond motifs is 1. The summed E-state index contributed by atoms with van der Waals surface area (Å²) in [7, 11) is 2.13. The summed E-state index contributed by atoms with van der Waals surface area (Å²) in [6.07, 6.45) is 7.24. The van der Waals surface area contributed by atoms with Crippen LogP contribution in [0.25, 0.3) is 11.1 Å². The first-order valence-corrected chi connectivity index (χ1v) is 12.4. The van der Waals surface area contributed by atoms with Crippen molar-refractivity contribution in [1.29, 1.82) is 0 Å². The van der Waals surface area contributed by atoms with Crippen LogP contribution in [0.1, 0.15) is 41.6 Å². The number of nitrogens with zero attached hydrogens (tertiary/aromatic N) is 4. The van der Waals surface area contributed by atoms with Crippen molar-refractivity contribution in [1.82, 2.24) is 20.7 Å². The van der Waals surface area contributed by atoms with E-state index in [-0.39, 0.29) is 17.7 Å². The molecule has 10 heteroatoms. The Hall–Kier alpha value is -3.50. The van der Waals surface area contributed by atoms with E-state index < -0.39 is 0 Å². The van der Waals surface area contributed by atoms with Gasteiger partial charge in [-0.25, -0.2) is 5.43 Å². The number of piperidine rings is 1. The zero-order valence-corrected chi connectivity index (χ0v) is 19.9. The molecule has 2 aromatic heterocycles. The van der Waals surface area contributed by atoms with Crippen LogP contribution in [0.4, 0.5) is 17.4 Å². The molecule has 3 N–H and O–H groups in total. The lowest BCUT2D eigenvalue weighted by molar-refractivity contribution is 0.0994. The number of carbonyl (C=O) groups is 1. The average Bonchev–Trinajstić information content (AvgIpc) is 3.65. The van der Waals surface area contributed by atoms with Crippen LogP contribution < -0.4 is 26.0 Å². The highest BCUT2D eigenvalue weighted by atomic mass is 16.4. The van der Waals surface area contributed by atoms with Gasteiger partial charge in [0, 0.05) is 51.5 Å². The summed E-state index contributed by atoms with van der Waals surface area (Å²) in [6.45, 7) is 5.63. The highest BCUT2D eigenvalue weighted by molar-refractivity contribution is 6.05. The number of oxazole rings is 1. The van der Waals surface area contributed by atoms with Crippen LogP contribution >= 0.6 is 0 Å². The number of aromatic nitrogens is 1. The van der Waals surface area contributed by atoms with Crippen molar-refractivity contribution >= 4 is 34.4 Å². The largest absolute Gasteiger partial charge is 0.454 e. The van der Waals surface area contributed by atoms with Crippen LogP contribution in [0.15, 0.2) is 45.4 Å². The Bertz CT molecular complexity index is 1240. The minimum absolute atomic E-state index is 0.0981. The summed E-state index contributed by atoms with van der Waals surface area (Å²) in [5, 5.41) is 3.08. The van der Waals surface area contributed by atoms with Crippen molar-refractivity contribution in [2.45, 2.75) is 25.3 Å². The fourth-order valence-electron chi connectivity index (χ4n) is 4.90. The standard InChI is InChI=1S/C25H31N7O3/c1-30-11-13-32(14-12-30)25-28-19-15-20(31-9-3-2-4-10-31)18(16-23(19)35-25)27-24(33)22-6-5-21(34-22)17-7-8-26-29-17/h5-8,15-17,26,29H,2-4,9-14H2,1H3,(H,27,33). The van der Waals surface area contributed by atoms with Crippen LogP contribution in [-0.4, -0.2) is 62.1 Å². The molecule has 6 rings (SSSR count). The normalized spacial score (nSPS) is 21.0. The van der Waals surface area contributed by atoms with Gasteiger partial charge in [-0.1, -0.05) is 0 Å². The minimum atomic E-state index is -0.289. The van der Waals surface area contributed by atoms with E-state index in [9.17, 15) is 4.79 Å². The van der Waals surface area contributed by atoms with Gasteiger partial charge in [-0.3, -0.25) is 4.79 Å². The number of nitrogens with one attached hydrogen (secondary N) is 3. The van der Waals surface area contributed by atoms with Gasteiger partial charge in [0.2, 0.25) is 0 Å². The lowest BCUT2D eigenvalue weighted by atomic mass is 10.1. The summed E-state index contributed by atoms with van der Waals surface area (Å²) in [5.41, 5.74) is 9.14. The molecular weight excluding hydrogens is 446 g/mol. The number of hydrogen-bond acceptors (Lipinski definition) is 9. The predicted molar refractivity (Wildman–Crippen MR) is 135 cm³/mol. The molecule has 3 aliphatic heterocycles. The van der Waals surface area contributed by atoms with Crippen LogP contribution in [0.5, 0.6) is 0 Å². The van der Waals surface area contributed by atoms with Crippen molar-refractivity contribution in [3.8, 4) is 0 Å². The van der Waals surface area contributed by atoms with Gasteiger partial charge in [0.15, 0.2) is 11.3 Å². The zero-order chi connectivity index (χ0) is 23.8. The maximum atomic E-state index is 13.2. The van der Waals surface area contributed by atoms with Gasteiger partial charge in [-0.05, 0) is 50.6 Å². The number of furan rings is 1. The Balaban J connectivity index is 1.30. The van der Waals surface area contributed by atoms with Crippen molar-refractivity contribution < 1.29 is 13.6 Å². The van der Waals surface area contributed by atoms with E-state index in [1.807, 2.05) is 24.3 Å². The first-order chi connectivity index (χ1) is 17.1. The highest BCUT2D eigenvalue weighted by Gasteiger charge is 2.24. The third-order valence-corrected chi connectivity index (χ3v) is 6.98. The maximum absolute atomic E-state index is 13.2. The van der Waals surface area contributed by atoms with Crippen LogP contribution in [0.3, 0.4) is 0 Å². The second-order valence-electron chi connectivity index (χ2n) is 9.45. The van der Waals surface area contributed by atoms with Gasteiger partial charge in [-0.15, -0.1) is 0 Å². The molecule has 0 spiro atoms. The Morgan fingerprint density at radius 1 is 1.03 bits per heavy atom. The molecule has 2 saturated heterocycles. The molecule has 0 radical (unpaired) electrons. The smallest absolute Gasteiger partial charge is 0.298 e. The Morgan fingerprint density at radius 2 is 1.86 bits per heavy atom. The second-order valence-corrected chi connectivity index (χ2v) is 9.45. The van der Waals surface area contributed by atoms with Gasteiger partial charge in [0.25, 0.3) is 11.9 Å². The van der Waals surface area contributed by atoms with E-state index in [2.05, 4.69) is 37.9 Å². The molecule has 0 bridgehead atoms. The summed E-state index contributed by atoms with van der Waals surface area (Å²) in [6, 6.07) is 8.01.